The van der Waals surface area contributed by atoms with E-state index in [4.69, 9.17) is 4.74 Å². The van der Waals surface area contributed by atoms with Crippen LogP contribution < -0.4 is 5.32 Å². The lowest BCUT2D eigenvalue weighted by molar-refractivity contribution is -0.161. The Bertz CT molecular complexity index is 554. The Balaban J connectivity index is 1.30. The topological polar surface area (TPSA) is 55.4 Å². The fourth-order valence-corrected chi connectivity index (χ4v) is 9.80. The summed E-state index contributed by atoms with van der Waals surface area (Å²) in [5, 5.41) is 3.12. The summed E-state index contributed by atoms with van der Waals surface area (Å²) in [7, 11) is 0. The van der Waals surface area contributed by atoms with Crippen LogP contribution in [-0.2, 0) is 14.3 Å². The van der Waals surface area contributed by atoms with Crippen LogP contribution >= 0.6 is 23.5 Å². The fraction of sp³-hybridized carbons (Fsp3) is 0.909. The van der Waals surface area contributed by atoms with Crippen LogP contribution in [-0.4, -0.2) is 39.6 Å². The molecule has 4 fully saturated rings. The number of carbonyl (C=O) groups is 2. The summed E-state index contributed by atoms with van der Waals surface area (Å²) in [4.78, 5) is 25.4. The number of hydrogen-bond donors (Lipinski definition) is 1. The maximum absolute atomic E-state index is 12.9. The van der Waals surface area contributed by atoms with Crippen LogP contribution in [0, 0.1) is 17.8 Å². The lowest BCUT2D eigenvalue weighted by atomic mass is 9.67. The zero-order valence-corrected chi connectivity index (χ0v) is 18.8. The van der Waals surface area contributed by atoms with Crippen molar-refractivity contribution in [1.82, 2.24) is 5.32 Å². The fourth-order valence-electron chi connectivity index (χ4n) is 5.87. The van der Waals surface area contributed by atoms with Gasteiger partial charge in [-0.1, -0.05) is 32.1 Å². The molecule has 0 aromatic rings. The maximum atomic E-state index is 12.9. The Labute approximate surface area is 178 Å². The molecule has 4 atom stereocenters. The van der Waals surface area contributed by atoms with E-state index in [9.17, 15) is 9.59 Å². The molecular formula is C22H35NO3S2. The van der Waals surface area contributed by atoms with E-state index in [1.807, 2.05) is 0 Å². The summed E-state index contributed by atoms with van der Waals surface area (Å²) in [6, 6.07) is 0.251. The van der Waals surface area contributed by atoms with Crippen molar-refractivity contribution in [2.75, 3.05) is 11.5 Å². The van der Waals surface area contributed by atoms with Gasteiger partial charge in [0, 0.05) is 17.5 Å². The molecule has 4 nitrogen and oxygen atoms in total. The van der Waals surface area contributed by atoms with E-state index in [-0.39, 0.29) is 23.8 Å². The Morgan fingerprint density at radius 1 is 0.929 bits per heavy atom. The van der Waals surface area contributed by atoms with Gasteiger partial charge in [0.1, 0.15) is 0 Å². The third kappa shape index (κ3) is 4.38. The Kier molecular flexibility index (Phi) is 6.86. The van der Waals surface area contributed by atoms with Gasteiger partial charge < -0.3 is 10.1 Å². The second-order valence-corrected chi connectivity index (χ2v) is 12.2. The molecule has 6 heteroatoms. The van der Waals surface area contributed by atoms with E-state index < -0.39 is 6.10 Å². The maximum Gasteiger partial charge on any atom is 0.309 e. The van der Waals surface area contributed by atoms with Crippen molar-refractivity contribution in [1.29, 1.82) is 0 Å². The monoisotopic (exact) mass is 425 g/mol. The van der Waals surface area contributed by atoms with Gasteiger partial charge in [-0.15, -0.1) is 23.5 Å². The molecule has 0 aromatic carbocycles. The molecule has 1 amide bonds. The number of carbonyl (C=O) groups excluding carboxylic acids is 2. The summed E-state index contributed by atoms with van der Waals surface area (Å²) in [6.07, 6.45) is 12.0. The van der Waals surface area contributed by atoms with Crippen molar-refractivity contribution in [2.24, 2.45) is 17.8 Å². The highest BCUT2D eigenvalue weighted by molar-refractivity contribution is 8.21. The first kappa shape index (κ1) is 20.9. The van der Waals surface area contributed by atoms with E-state index in [2.05, 4.69) is 28.8 Å². The van der Waals surface area contributed by atoms with Gasteiger partial charge in [0.2, 0.25) is 0 Å². The second-order valence-electron chi connectivity index (χ2n) is 9.19. The first-order valence-corrected chi connectivity index (χ1v) is 13.3. The van der Waals surface area contributed by atoms with Crippen LogP contribution in [0.4, 0.5) is 0 Å². The number of ether oxygens (including phenoxy) is 1. The van der Waals surface area contributed by atoms with Crippen LogP contribution in [0.1, 0.15) is 77.6 Å². The second kappa shape index (κ2) is 9.20. The largest absolute Gasteiger partial charge is 0.452 e. The smallest absolute Gasteiger partial charge is 0.309 e. The van der Waals surface area contributed by atoms with E-state index in [1.54, 1.807) is 6.92 Å². The number of rotatable bonds is 4. The lowest BCUT2D eigenvalue weighted by Crippen LogP contribution is -2.49. The third-order valence-corrected chi connectivity index (χ3v) is 11.3. The first-order chi connectivity index (χ1) is 13.6. The molecule has 1 unspecified atom stereocenters. The van der Waals surface area contributed by atoms with E-state index >= 15 is 0 Å². The van der Waals surface area contributed by atoms with Gasteiger partial charge in [-0.3, -0.25) is 9.59 Å². The number of nitrogens with one attached hydrogen (secondary N) is 1. The Morgan fingerprint density at radius 3 is 2.14 bits per heavy atom. The van der Waals surface area contributed by atoms with Gasteiger partial charge >= 0.3 is 5.97 Å². The van der Waals surface area contributed by atoms with Crippen LogP contribution in [0.5, 0.6) is 0 Å². The molecule has 28 heavy (non-hydrogen) atoms. The normalized spacial score (nSPS) is 33.8. The highest BCUT2D eigenvalue weighted by atomic mass is 32.2. The van der Waals surface area contributed by atoms with Crippen LogP contribution in [0.15, 0.2) is 0 Å². The van der Waals surface area contributed by atoms with Gasteiger partial charge in [-0.2, -0.15) is 0 Å². The van der Waals surface area contributed by atoms with E-state index in [1.165, 1.54) is 56.5 Å². The highest BCUT2D eigenvalue weighted by Gasteiger charge is 2.55. The first-order valence-electron chi connectivity index (χ1n) is 11.4. The number of thioether (sulfide) groups is 2. The standard InChI is InChI=1S/C22H35NO3S2/c1-15(20(24)23-19-9-4-2-3-5-10-19)26-21(25)16-13-17-7-6-8-18(14-16)22(17)27-11-12-28-22/h15-19H,2-14H2,1H3,(H,23,24)/t15-,16?,17-,18+/m1/s1. The van der Waals surface area contributed by atoms with E-state index in [0.29, 0.717) is 15.9 Å². The minimum atomic E-state index is -0.679. The zero-order chi connectivity index (χ0) is 19.6. The van der Waals surface area contributed by atoms with Crippen molar-refractivity contribution in [3.8, 4) is 0 Å². The van der Waals surface area contributed by atoms with Crippen LogP contribution in [0.25, 0.3) is 0 Å². The molecule has 1 spiro atoms. The SMILES string of the molecule is C[C@@H](OC(=O)C1C[C@H]2CCC[C@@H](C1)C21SCCS1)C(=O)NC1CCCCCC1. The average molecular weight is 426 g/mol. The molecule has 1 N–H and O–H groups in total. The van der Waals surface area contributed by atoms with Gasteiger partial charge in [0.15, 0.2) is 6.10 Å². The molecule has 3 aliphatic carbocycles. The quantitative estimate of drug-likeness (QED) is 0.520. The van der Waals surface area contributed by atoms with Crippen molar-refractivity contribution >= 4 is 35.4 Å². The predicted octanol–water partition coefficient (Wildman–Crippen LogP) is 4.76. The summed E-state index contributed by atoms with van der Waals surface area (Å²) >= 11 is 4.32. The van der Waals surface area contributed by atoms with Gasteiger partial charge in [0.05, 0.1) is 10.00 Å². The van der Waals surface area contributed by atoms with Crippen molar-refractivity contribution in [2.45, 2.75) is 93.8 Å². The molecule has 1 aliphatic heterocycles. The lowest BCUT2D eigenvalue weighted by Gasteiger charge is -2.51. The Morgan fingerprint density at radius 2 is 1.54 bits per heavy atom. The van der Waals surface area contributed by atoms with Crippen molar-refractivity contribution < 1.29 is 14.3 Å². The molecule has 3 saturated carbocycles. The van der Waals surface area contributed by atoms with Gasteiger partial charge in [0.25, 0.3) is 5.91 Å². The Hall–Kier alpha value is -0.360. The predicted molar refractivity (Wildman–Crippen MR) is 116 cm³/mol. The van der Waals surface area contributed by atoms with Gasteiger partial charge in [-0.25, -0.2) is 0 Å². The summed E-state index contributed by atoms with van der Waals surface area (Å²) in [6.45, 7) is 1.73. The highest BCUT2D eigenvalue weighted by Crippen LogP contribution is 2.64. The zero-order valence-electron chi connectivity index (χ0n) is 17.1. The molecule has 158 valence electrons. The molecular weight excluding hydrogens is 390 g/mol. The minimum Gasteiger partial charge on any atom is -0.452 e. The van der Waals surface area contributed by atoms with E-state index in [0.717, 1.165) is 25.7 Å². The summed E-state index contributed by atoms with van der Waals surface area (Å²) < 4.78 is 6.05. The molecule has 1 heterocycles. The minimum absolute atomic E-state index is 0.0177. The number of amides is 1. The summed E-state index contributed by atoms with van der Waals surface area (Å²) in [5.41, 5.74) is 0. The number of hydrogen-bond acceptors (Lipinski definition) is 5. The van der Waals surface area contributed by atoms with Crippen molar-refractivity contribution in [3.63, 3.8) is 0 Å². The number of esters is 1. The average Bonchev–Trinajstić information content (AvgIpc) is 2.98. The summed E-state index contributed by atoms with van der Waals surface area (Å²) in [5.74, 6) is 3.50. The van der Waals surface area contributed by atoms with Gasteiger partial charge in [-0.05, 0) is 57.3 Å². The van der Waals surface area contributed by atoms with Crippen LogP contribution in [0.3, 0.4) is 0 Å². The third-order valence-electron chi connectivity index (χ3n) is 7.32. The molecule has 1 saturated heterocycles. The molecule has 2 bridgehead atoms. The van der Waals surface area contributed by atoms with Crippen LogP contribution in [0.2, 0.25) is 0 Å². The molecule has 0 aromatic heterocycles. The molecule has 0 radical (unpaired) electrons. The molecule has 4 rings (SSSR count). The molecule has 4 aliphatic rings. The van der Waals surface area contributed by atoms with Crippen molar-refractivity contribution in [3.05, 3.63) is 0 Å².